The largest absolute Gasteiger partial charge is 0.370 e. The summed E-state index contributed by atoms with van der Waals surface area (Å²) in [6.07, 6.45) is 8.61. The summed E-state index contributed by atoms with van der Waals surface area (Å²) in [6, 6.07) is 10.8. The van der Waals surface area contributed by atoms with E-state index in [1.54, 1.807) is 0 Å². The molecule has 0 spiro atoms. The Morgan fingerprint density at radius 1 is 1.23 bits per heavy atom. The Balaban J connectivity index is 1.36. The molecule has 0 radical (unpaired) electrons. The van der Waals surface area contributed by atoms with Crippen LogP contribution in [0.1, 0.15) is 39.0 Å². The second kappa shape index (κ2) is 8.83. The third-order valence-corrected chi connectivity index (χ3v) is 7.43. The predicted molar refractivity (Wildman–Crippen MR) is 131 cm³/mol. The number of benzene rings is 1. The highest BCUT2D eigenvalue weighted by molar-refractivity contribution is 6.36. The molecule has 31 heavy (non-hydrogen) atoms. The molecule has 1 saturated heterocycles. The fourth-order valence-electron chi connectivity index (χ4n) is 5.36. The van der Waals surface area contributed by atoms with Crippen LogP contribution in [-0.2, 0) is 0 Å². The van der Waals surface area contributed by atoms with Crippen LogP contribution in [0.5, 0.6) is 0 Å². The van der Waals surface area contributed by atoms with E-state index in [0.717, 1.165) is 51.7 Å². The van der Waals surface area contributed by atoms with Crippen LogP contribution < -0.4 is 10.8 Å². The normalized spacial score (nSPS) is 24.6. The van der Waals surface area contributed by atoms with Crippen LogP contribution in [0.2, 0.25) is 5.02 Å². The van der Waals surface area contributed by atoms with Gasteiger partial charge in [0.1, 0.15) is 13.7 Å². The number of nitrogens with one attached hydrogen (secondary N) is 1. The number of hydrogen-bond donors (Lipinski definition) is 1. The maximum atomic E-state index is 6.47. The summed E-state index contributed by atoms with van der Waals surface area (Å²) < 4.78 is 1.93. The van der Waals surface area contributed by atoms with Gasteiger partial charge < -0.3 is 10.2 Å². The number of rotatable bonds is 5. The SMILES string of the molecule is Bc1cnn2c(NCC3CCCN(C4CCC(C)C4)C3)cc(-c3ccccc3Cl)nc12. The van der Waals surface area contributed by atoms with E-state index in [1.165, 1.54) is 45.2 Å². The Bertz CT molecular complexity index is 1070. The zero-order valence-electron chi connectivity index (χ0n) is 18.5. The molecule has 7 heteroatoms. The molecule has 162 valence electrons. The number of halogens is 1. The predicted octanol–water partition coefficient (Wildman–Crippen LogP) is 3.62. The van der Waals surface area contributed by atoms with Crippen molar-refractivity contribution in [2.45, 2.75) is 45.1 Å². The van der Waals surface area contributed by atoms with Gasteiger partial charge in [0.2, 0.25) is 0 Å². The fourth-order valence-corrected chi connectivity index (χ4v) is 5.59. The fraction of sp³-hybridized carbons (Fsp3) is 0.500. The Kier molecular flexibility index (Phi) is 5.94. The first-order valence-corrected chi connectivity index (χ1v) is 12.0. The molecule has 0 amide bonds. The molecule has 1 N–H and O–H groups in total. The Morgan fingerprint density at radius 3 is 2.90 bits per heavy atom. The van der Waals surface area contributed by atoms with E-state index in [9.17, 15) is 0 Å². The van der Waals surface area contributed by atoms with Gasteiger partial charge in [-0.1, -0.05) is 36.7 Å². The van der Waals surface area contributed by atoms with Crippen molar-refractivity contribution in [3.05, 3.63) is 41.6 Å². The van der Waals surface area contributed by atoms with Gasteiger partial charge >= 0.3 is 0 Å². The van der Waals surface area contributed by atoms with Gasteiger partial charge in [0.05, 0.1) is 5.69 Å². The van der Waals surface area contributed by atoms with Gasteiger partial charge in [-0.3, -0.25) is 0 Å². The van der Waals surface area contributed by atoms with Gasteiger partial charge in [-0.2, -0.15) is 9.61 Å². The smallest absolute Gasteiger partial charge is 0.151 e. The van der Waals surface area contributed by atoms with Crippen molar-refractivity contribution in [3.63, 3.8) is 0 Å². The second-order valence-corrected chi connectivity index (χ2v) is 9.93. The van der Waals surface area contributed by atoms with Crippen LogP contribution in [-0.4, -0.2) is 53.0 Å². The lowest BCUT2D eigenvalue weighted by atomic mass is 9.96. The molecule has 3 aromatic rings. The van der Waals surface area contributed by atoms with E-state index in [-0.39, 0.29) is 0 Å². The third kappa shape index (κ3) is 4.33. The van der Waals surface area contributed by atoms with Crippen LogP contribution in [0.25, 0.3) is 16.9 Å². The third-order valence-electron chi connectivity index (χ3n) is 7.10. The minimum Gasteiger partial charge on any atom is -0.370 e. The van der Waals surface area contributed by atoms with Crippen molar-refractivity contribution in [1.82, 2.24) is 19.5 Å². The molecular weight excluding hydrogens is 405 g/mol. The van der Waals surface area contributed by atoms with Crippen molar-refractivity contribution in [3.8, 4) is 11.3 Å². The summed E-state index contributed by atoms with van der Waals surface area (Å²) in [7, 11) is 2.05. The highest BCUT2D eigenvalue weighted by Crippen LogP contribution is 2.32. The maximum Gasteiger partial charge on any atom is 0.151 e. The lowest BCUT2D eigenvalue weighted by Gasteiger charge is -2.37. The summed E-state index contributed by atoms with van der Waals surface area (Å²) >= 11 is 6.47. The summed E-state index contributed by atoms with van der Waals surface area (Å²) in [5, 5.41) is 9.00. The van der Waals surface area contributed by atoms with Crippen molar-refractivity contribution in [2.24, 2.45) is 11.8 Å². The number of hydrogen-bond acceptors (Lipinski definition) is 4. The van der Waals surface area contributed by atoms with Crippen molar-refractivity contribution in [2.75, 3.05) is 25.0 Å². The molecule has 1 saturated carbocycles. The Hall–Kier alpha value is -2.05. The first kappa shape index (κ1) is 20.8. The van der Waals surface area contributed by atoms with Crippen LogP contribution in [0.4, 0.5) is 5.82 Å². The highest BCUT2D eigenvalue weighted by Gasteiger charge is 2.30. The first-order valence-electron chi connectivity index (χ1n) is 11.7. The molecule has 1 aliphatic carbocycles. The molecule has 3 unspecified atom stereocenters. The van der Waals surface area contributed by atoms with Crippen molar-refractivity contribution in [1.29, 1.82) is 0 Å². The van der Waals surface area contributed by atoms with Gasteiger partial charge in [0.15, 0.2) is 5.65 Å². The van der Waals surface area contributed by atoms with E-state index >= 15 is 0 Å². The first-order chi connectivity index (χ1) is 15.1. The van der Waals surface area contributed by atoms with Gasteiger partial charge in [-0.15, -0.1) is 0 Å². The Morgan fingerprint density at radius 2 is 2.10 bits per heavy atom. The maximum absolute atomic E-state index is 6.47. The molecule has 1 aromatic carbocycles. The number of likely N-dealkylation sites (tertiary alicyclic amines) is 1. The zero-order chi connectivity index (χ0) is 21.4. The van der Waals surface area contributed by atoms with Gasteiger partial charge in [0, 0.05) is 42.0 Å². The summed E-state index contributed by atoms with van der Waals surface area (Å²) in [5.74, 6) is 2.54. The van der Waals surface area contributed by atoms with Gasteiger partial charge in [-0.05, 0) is 62.0 Å². The van der Waals surface area contributed by atoms with Gasteiger partial charge in [-0.25, -0.2) is 4.98 Å². The van der Waals surface area contributed by atoms with E-state index in [2.05, 4.69) is 36.2 Å². The monoisotopic (exact) mass is 435 g/mol. The van der Waals surface area contributed by atoms with Crippen LogP contribution in [0.3, 0.4) is 0 Å². The van der Waals surface area contributed by atoms with E-state index < -0.39 is 0 Å². The summed E-state index contributed by atoms with van der Waals surface area (Å²) in [5.41, 5.74) is 3.78. The number of anilines is 1. The average molecular weight is 436 g/mol. The standard InChI is InChI=1S/C24H31BClN5/c1-16-8-9-18(11-16)30-10-4-5-17(15-30)13-27-23-12-22(19-6-2-3-7-21(19)26)29-24-20(25)14-28-31(23)24/h2-3,6-7,12,14,16-18,27H,4-5,8-11,13,15,25H2,1H3. The molecule has 3 heterocycles. The molecule has 2 aromatic heterocycles. The van der Waals surface area contributed by atoms with E-state index in [1.807, 2.05) is 35.0 Å². The number of nitrogens with zero attached hydrogens (tertiary/aromatic N) is 4. The highest BCUT2D eigenvalue weighted by atomic mass is 35.5. The lowest BCUT2D eigenvalue weighted by Crippen LogP contribution is -2.43. The Labute approximate surface area is 190 Å². The molecule has 2 aliphatic rings. The van der Waals surface area contributed by atoms with E-state index in [0.29, 0.717) is 5.92 Å². The quantitative estimate of drug-likeness (QED) is 0.622. The summed E-state index contributed by atoms with van der Waals surface area (Å²) in [6.45, 7) is 5.83. The molecule has 2 fully saturated rings. The molecule has 0 bridgehead atoms. The number of aromatic nitrogens is 3. The van der Waals surface area contributed by atoms with Crippen LogP contribution in [0, 0.1) is 11.8 Å². The van der Waals surface area contributed by atoms with Crippen molar-refractivity contribution < 1.29 is 0 Å². The molecule has 3 atom stereocenters. The number of piperidine rings is 1. The molecule has 1 aliphatic heterocycles. The van der Waals surface area contributed by atoms with Crippen molar-refractivity contribution >= 4 is 36.4 Å². The zero-order valence-corrected chi connectivity index (χ0v) is 19.3. The summed E-state index contributed by atoms with van der Waals surface area (Å²) in [4.78, 5) is 7.62. The molecule has 5 nitrogen and oxygen atoms in total. The molecule has 5 rings (SSSR count). The topological polar surface area (TPSA) is 45.5 Å². The lowest BCUT2D eigenvalue weighted by molar-refractivity contribution is 0.127. The number of fused-ring (bicyclic) bond motifs is 1. The minimum absolute atomic E-state index is 0.660. The van der Waals surface area contributed by atoms with Crippen LogP contribution >= 0.6 is 11.6 Å². The minimum atomic E-state index is 0.660. The molecular formula is C24H31BClN5. The second-order valence-electron chi connectivity index (χ2n) is 9.53. The van der Waals surface area contributed by atoms with Crippen LogP contribution in [0.15, 0.2) is 36.5 Å². The van der Waals surface area contributed by atoms with E-state index in [4.69, 9.17) is 16.6 Å². The average Bonchev–Trinajstić information content (AvgIpc) is 3.38. The van der Waals surface area contributed by atoms with Gasteiger partial charge in [0.25, 0.3) is 0 Å².